The van der Waals surface area contributed by atoms with Gasteiger partial charge in [0.25, 0.3) is 5.56 Å². The summed E-state index contributed by atoms with van der Waals surface area (Å²) in [4.78, 5) is 84.2. The van der Waals surface area contributed by atoms with E-state index >= 15 is 0 Å². The van der Waals surface area contributed by atoms with Crippen LogP contribution in [0, 0.1) is 0 Å². The van der Waals surface area contributed by atoms with Crippen molar-refractivity contribution in [2.75, 3.05) is 18.1 Å². The molecule has 0 bridgehead atoms. The number of nitrogens with zero attached hydrogens (tertiary/aromatic N) is 2. The van der Waals surface area contributed by atoms with Gasteiger partial charge in [0.15, 0.2) is 0 Å². The number of carboxylic acids is 1. The van der Waals surface area contributed by atoms with E-state index in [2.05, 4.69) is 22.5 Å². The molecular formula is C42H55N5O9S2. The molecule has 0 radical (unpaired) electrons. The maximum atomic E-state index is 13.9. The van der Waals surface area contributed by atoms with E-state index in [1.165, 1.54) is 11.8 Å². The molecule has 14 nitrogen and oxygen atoms in total. The van der Waals surface area contributed by atoms with Gasteiger partial charge in [0.2, 0.25) is 17.4 Å². The number of allylic oxidation sites excluding steroid dienone is 1. The zero-order valence-corrected chi connectivity index (χ0v) is 35.7. The molecule has 5 rings (SSSR count). The van der Waals surface area contributed by atoms with Gasteiger partial charge in [-0.2, -0.15) is 23.5 Å². The number of esters is 2. The predicted octanol–water partition coefficient (Wildman–Crippen LogP) is 2.87. The number of aromatic nitrogens is 2. The molecule has 4 unspecified atom stereocenters. The second-order valence-electron chi connectivity index (χ2n) is 15.8. The third-order valence-electron chi connectivity index (χ3n) is 10.4. The second-order valence-corrected chi connectivity index (χ2v) is 18.3. The first kappa shape index (κ1) is 44.7. The summed E-state index contributed by atoms with van der Waals surface area (Å²) in [7, 11) is 0. The molecule has 314 valence electrons. The number of ether oxygens (including phenoxy) is 2. The first-order valence-corrected chi connectivity index (χ1v) is 21.9. The van der Waals surface area contributed by atoms with Gasteiger partial charge in [0, 0.05) is 45.1 Å². The number of amides is 2. The highest BCUT2D eigenvalue weighted by Crippen LogP contribution is 2.41. The van der Waals surface area contributed by atoms with Crippen LogP contribution in [0.5, 0.6) is 0 Å². The van der Waals surface area contributed by atoms with E-state index in [1.807, 2.05) is 46.8 Å². The Morgan fingerprint density at radius 2 is 1.81 bits per heavy atom. The highest BCUT2D eigenvalue weighted by atomic mass is 32.2. The molecule has 0 spiro atoms. The van der Waals surface area contributed by atoms with Crippen molar-refractivity contribution >= 4 is 65.4 Å². The normalized spacial score (nSPS) is 21.1. The van der Waals surface area contributed by atoms with E-state index in [1.54, 1.807) is 41.5 Å². The summed E-state index contributed by atoms with van der Waals surface area (Å²) in [5.74, 6) is -2.93. The van der Waals surface area contributed by atoms with Crippen molar-refractivity contribution in [1.29, 1.82) is 0 Å². The van der Waals surface area contributed by atoms with E-state index in [4.69, 9.17) is 14.5 Å². The fourth-order valence-electron chi connectivity index (χ4n) is 7.24. The number of carboxylic acid groups (broad SMARTS) is 1. The number of hydrogen-bond acceptors (Lipinski definition) is 12. The first-order chi connectivity index (χ1) is 27.5. The van der Waals surface area contributed by atoms with Crippen molar-refractivity contribution in [1.82, 2.24) is 25.5 Å². The second kappa shape index (κ2) is 19.1. The molecule has 2 amide bonds. The quantitative estimate of drug-likeness (QED) is 0.137. The van der Waals surface area contributed by atoms with Gasteiger partial charge in [-0.1, -0.05) is 39.0 Å². The highest BCUT2D eigenvalue weighted by molar-refractivity contribution is 8.04. The molecule has 4 N–H and O–H groups in total. The van der Waals surface area contributed by atoms with Gasteiger partial charge < -0.3 is 29.8 Å². The summed E-state index contributed by atoms with van der Waals surface area (Å²) in [5.41, 5.74) is -0.423. The minimum atomic E-state index is -1.96. The summed E-state index contributed by atoms with van der Waals surface area (Å²) in [6, 6.07) is 1.96. The van der Waals surface area contributed by atoms with Crippen molar-refractivity contribution < 1.29 is 38.6 Å². The zero-order valence-electron chi connectivity index (χ0n) is 34.1. The summed E-state index contributed by atoms with van der Waals surface area (Å²) in [6.07, 6.45) is 8.75. The van der Waals surface area contributed by atoms with Crippen LogP contribution in [-0.2, 0) is 52.2 Å². The molecule has 1 saturated carbocycles. The maximum absolute atomic E-state index is 13.9. The van der Waals surface area contributed by atoms with Crippen LogP contribution in [0.2, 0.25) is 0 Å². The molecule has 58 heavy (non-hydrogen) atoms. The monoisotopic (exact) mass is 837 g/mol. The van der Waals surface area contributed by atoms with Crippen molar-refractivity contribution in [2.24, 2.45) is 0 Å². The van der Waals surface area contributed by atoms with E-state index in [0.29, 0.717) is 28.9 Å². The summed E-state index contributed by atoms with van der Waals surface area (Å²) in [6.45, 7) is 14.4. The summed E-state index contributed by atoms with van der Waals surface area (Å²) >= 11 is 3.12. The number of carbonyl (C=O) groups is 5. The number of unbranched alkanes of at least 4 members (excludes halogenated alkanes) is 1. The standard InChI is InChI=1S/C42H55N5O9S2/c1-8-12-14-34(48)44-29(22-57-32-15-16-33(32)58-23-30(39(52)53)46-41(5,6)7)37(50)43-19-35(49)56-42(11-4)27-18-31-36-25(17-24(10-3)28(45-36)13-9-2)20-47(31)38(51)26(27)21-55-40(42)54/h9-10,13,17-18,29-30,32-33,46H,2,8,11-12,14-16,19-23H2,1,3-7H3,(H,43,50)(H,44,48)(H,52,53)/b24-10-,28-13+/t29?,30?,32?,33?,42-/m0/s1. The Labute approximate surface area is 347 Å². The topological polar surface area (TPSA) is 195 Å². The van der Waals surface area contributed by atoms with Gasteiger partial charge >= 0.3 is 17.9 Å². The SMILES string of the molecule is C=C/C=c1/nc2c(c/c1=C/C)Cn1c-2cc2c(c1=O)COC(=O)[C@@]2(CC)OC(=O)CNC(=O)C(CSC1CCC1SCC(NC(C)(C)C)C(=O)O)NC(=O)CCCC. The Kier molecular flexibility index (Phi) is 14.7. The lowest BCUT2D eigenvalue weighted by molar-refractivity contribution is -0.189. The highest BCUT2D eigenvalue weighted by Gasteiger charge is 2.50. The molecule has 16 heteroatoms. The van der Waals surface area contributed by atoms with Crippen molar-refractivity contribution in [3.8, 4) is 11.4 Å². The van der Waals surface area contributed by atoms with Crippen molar-refractivity contribution in [2.45, 2.75) is 127 Å². The first-order valence-electron chi connectivity index (χ1n) is 19.8. The molecule has 4 heterocycles. The van der Waals surface area contributed by atoms with Crippen LogP contribution >= 0.6 is 23.5 Å². The maximum Gasteiger partial charge on any atom is 0.355 e. The third-order valence-corrected chi connectivity index (χ3v) is 13.7. The lowest BCUT2D eigenvalue weighted by atomic mass is 9.85. The molecular weight excluding hydrogens is 783 g/mol. The van der Waals surface area contributed by atoms with Gasteiger partial charge in [-0.15, -0.1) is 0 Å². The number of aliphatic carboxylic acids is 1. The summed E-state index contributed by atoms with van der Waals surface area (Å²) in [5, 5.41) is 20.2. The van der Waals surface area contributed by atoms with Crippen LogP contribution in [0.1, 0.15) is 96.8 Å². The van der Waals surface area contributed by atoms with Crippen LogP contribution in [0.3, 0.4) is 0 Å². The third kappa shape index (κ3) is 10.1. The molecule has 2 aliphatic heterocycles. The van der Waals surface area contributed by atoms with Crippen molar-refractivity contribution in [3.63, 3.8) is 0 Å². The van der Waals surface area contributed by atoms with E-state index in [-0.39, 0.29) is 70.4 Å². The van der Waals surface area contributed by atoms with Crippen molar-refractivity contribution in [3.05, 3.63) is 62.4 Å². The minimum Gasteiger partial charge on any atom is -0.480 e. The van der Waals surface area contributed by atoms with E-state index in [9.17, 15) is 33.9 Å². The number of carbonyl (C=O) groups excluding carboxylic acids is 4. The number of cyclic esters (lactones) is 1. The number of fused-ring (bicyclic) bond motifs is 4. The molecule has 0 saturated heterocycles. The van der Waals surface area contributed by atoms with Crippen LogP contribution in [0.25, 0.3) is 23.5 Å². The molecule has 3 aliphatic rings. The molecule has 1 fully saturated rings. The number of nitrogens with one attached hydrogen (secondary N) is 3. The Morgan fingerprint density at radius 1 is 1.12 bits per heavy atom. The smallest absolute Gasteiger partial charge is 0.355 e. The van der Waals surface area contributed by atoms with Crippen LogP contribution in [-0.4, -0.2) is 90.6 Å². The number of rotatable bonds is 18. The van der Waals surface area contributed by atoms with E-state index < -0.39 is 48.0 Å². The van der Waals surface area contributed by atoms with Crippen LogP contribution in [0.4, 0.5) is 0 Å². The summed E-state index contributed by atoms with van der Waals surface area (Å²) < 4.78 is 12.9. The Bertz CT molecular complexity index is 2130. The van der Waals surface area contributed by atoms with Crippen LogP contribution < -0.4 is 32.1 Å². The predicted molar refractivity (Wildman–Crippen MR) is 225 cm³/mol. The van der Waals surface area contributed by atoms with E-state index in [0.717, 1.165) is 30.0 Å². The Hall–Kier alpha value is -4.41. The molecule has 2 aromatic heterocycles. The number of thioether (sulfide) groups is 2. The Morgan fingerprint density at radius 3 is 2.40 bits per heavy atom. The zero-order chi connectivity index (χ0) is 42.4. The van der Waals surface area contributed by atoms with Gasteiger partial charge in [0.1, 0.15) is 25.2 Å². The fraction of sp³-hybridized carbons (Fsp3) is 0.548. The average molecular weight is 838 g/mol. The van der Waals surface area contributed by atoms with Gasteiger partial charge in [-0.3, -0.25) is 29.3 Å². The number of pyridine rings is 2. The van der Waals surface area contributed by atoms with Gasteiger partial charge in [-0.05, 0) is 76.8 Å². The molecule has 5 atom stereocenters. The molecule has 2 aromatic rings. The van der Waals surface area contributed by atoms with Crippen LogP contribution in [0.15, 0.2) is 29.6 Å². The molecule has 0 aromatic carbocycles. The molecule has 1 aliphatic carbocycles. The minimum absolute atomic E-state index is 0.0479. The van der Waals surface area contributed by atoms with Gasteiger partial charge in [0.05, 0.1) is 28.8 Å². The van der Waals surface area contributed by atoms with Gasteiger partial charge in [-0.25, -0.2) is 9.78 Å². The Balaban J connectivity index is 1.30. The number of hydrogen-bond donors (Lipinski definition) is 4. The largest absolute Gasteiger partial charge is 0.480 e. The lowest BCUT2D eigenvalue weighted by Crippen LogP contribution is -2.52. The fourth-order valence-corrected chi connectivity index (χ4v) is 10.4. The average Bonchev–Trinajstić information content (AvgIpc) is 3.53. The lowest BCUT2D eigenvalue weighted by Gasteiger charge is -2.37.